The molecule has 21 heavy (non-hydrogen) atoms. The number of β-lactam (4-membered cyclic amide) rings is 1. The average molecular weight is 287 g/mol. The van der Waals surface area contributed by atoms with Crippen LogP contribution >= 0.6 is 0 Å². The number of amides is 1. The fourth-order valence-electron chi connectivity index (χ4n) is 2.88. The number of hydrogen-bond acceptors (Lipinski definition) is 1. The van der Waals surface area contributed by atoms with Crippen LogP contribution in [0.5, 0.6) is 0 Å². The van der Waals surface area contributed by atoms with Crippen molar-refractivity contribution in [1.82, 2.24) is 0 Å². The Morgan fingerprint density at radius 1 is 0.905 bits per heavy atom. The number of benzene rings is 2. The van der Waals surface area contributed by atoms with Crippen molar-refractivity contribution >= 4 is 11.6 Å². The highest BCUT2D eigenvalue weighted by atomic mass is 19.1. The van der Waals surface area contributed by atoms with Crippen molar-refractivity contribution in [2.45, 2.75) is 19.9 Å². The number of halogens is 2. The van der Waals surface area contributed by atoms with Crippen LogP contribution in [0.2, 0.25) is 0 Å². The summed E-state index contributed by atoms with van der Waals surface area (Å²) in [5.74, 6) is -0.678. The first-order chi connectivity index (χ1) is 9.91. The van der Waals surface area contributed by atoms with Crippen LogP contribution in [0.15, 0.2) is 48.5 Å². The molecular formula is C17H15F2NO. The highest BCUT2D eigenvalue weighted by Crippen LogP contribution is 2.51. The Balaban J connectivity index is 2.01. The van der Waals surface area contributed by atoms with E-state index in [1.54, 1.807) is 29.2 Å². The van der Waals surface area contributed by atoms with Crippen molar-refractivity contribution < 1.29 is 13.6 Å². The van der Waals surface area contributed by atoms with Crippen LogP contribution in [0.1, 0.15) is 25.5 Å². The first-order valence-electron chi connectivity index (χ1n) is 6.76. The van der Waals surface area contributed by atoms with Gasteiger partial charge in [-0.05, 0) is 55.8 Å². The van der Waals surface area contributed by atoms with Gasteiger partial charge in [-0.15, -0.1) is 0 Å². The van der Waals surface area contributed by atoms with Gasteiger partial charge in [-0.25, -0.2) is 8.78 Å². The zero-order chi connectivity index (χ0) is 15.2. The molecule has 0 unspecified atom stereocenters. The van der Waals surface area contributed by atoms with E-state index in [1.165, 1.54) is 24.3 Å². The third-order valence-corrected chi connectivity index (χ3v) is 4.00. The minimum absolute atomic E-state index is 0.0246. The van der Waals surface area contributed by atoms with Crippen LogP contribution in [-0.4, -0.2) is 5.91 Å². The molecule has 4 heteroatoms. The van der Waals surface area contributed by atoms with Crippen LogP contribution in [0.3, 0.4) is 0 Å². The number of hydrogen-bond donors (Lipinski definition) is 0. The largest absolute Gasteiger partial charge is 0.303 e. The van der Waals surface area contributed by atoms with Crippen molar-refractivity contribution in [3.05, 3.63) is 65.7 Å². The number of nitrogens with zero attached hydrogens (tertiary/aromatic N) is 1. The molecule has 1 atom stereocenters. The average Bonchev–Trinajstić information content (AvgIpc) is 2.47. The van der Waals surface area contributed by atoms with Gasteiger partial charge in [-0.3, -0.25) is 4.79 Å². The maximum atomic E-state index is 13.1. The molecule has 0 radical (unpaired) electrons. The van der Waals surface area contributed by atoms with E-state index in [4.69, 9.17) is 0 Å². The van der Waals surface area contributed by atoms with Gasteiger partial charge < -0.3 is 4.90 Å². The molecule has 1 aliphatic heterocycles. The first-order valence-corrected chi connectivity index (χ1v) is 6.76. The maximum absolute atomic E-state index is 13.1. The van der Waals surface area contributed by atoms with Gasteiger partial charge >= 0.3 is 0 Å². The monoisotopic (exact) mass is 287 g/mol. The molecule has 1 fully saturated rings. The minimum Gasteiger partial charge on any atom is -0.303 e. The van der Waals surface area contributed by atoms with Gasteiger partial charge in [0.1, 0.15) is 11.6 Å². The summed E-state index contributed by atoms with van der Waals surface area (Å²) in [6, 6.07) is 11.8. The van der Waals surface area contributed by atoms with E-state index in [1.807, 2.05) is 13.8 Å². The molecule has 0 aromatic heterocycles. The van der Waals surface area contributed by atoms with Crippen LogP contribution in [0, 0.1) is 17.0 Å². The molecule has 0 saturated carbocycles. The Bertz CT molecular complexity index is 677. The second-order valence-corrected chi connectivity index (χ2v) is 5.83. The lowest BCUT2D eigenvalue weighted by molar-refractivity contribution is -0.137. The fourth-order valence-corrected chi connectivity index (χ4v) is 2.88. The summed E-state index contributed by atoms with van der Waals surface area (Å²) in [4.78, 5) is 14.0. The lowest BCUT2D eigenvalue weighted by Crippen LogP contribution is -2.61. The summed E-state index contributed by atoms with van der Waals surface area (Å²) in [5.41, 5.74) is 0.951. The summed E-state index contributed by atoms with van der Waals surface area (Å²) in [7, 11) is 0. The first kappa shape index (κ1) is 13.7. The molecule has 0 spiro atoms. The SMILES string of the molecule is CC1(C)C(=O)N(c2ccc(F)cc2)[C@@H]1c1ccc(F)cc1. The number of anilines is 1. The Morgan fingerprint density at radius 2 is 1.38 bits per heavy atom. The van der Waals surface area contributed by atoms with E-state index < -0.39 is 5.41 Å². The topological polar surface area (TPSA) is 20.3 Å². The van der Waals surface area contributed by atoms with Crippen LogP contribution in [-0.2, 0) is 4.79 Å². The van der Waals surface area contributed by atoms with Gasteiger partial charge in [-0.1, -0.05) is 12.1 Å². The van der Waals surface area contributed by atoms with Gasteiger partial charge in [0.2, 0.25) is 5.91 Å². The molecule has 1 amide bonds. The molecule has 1 aliphatic rings. The molecular weight excluding hydrogens is 272 g/mol. The normalized spacial score (nSPS) is 20.3. The smallest absolute Gasteiger partial charge is 0.235 e. The molecule has 1 heterocycles. The molecule has 108 valence electrons. The quantitative estimate of drug-likeness (QED) is 0.762. The van der Waals surface area contributed by atoms with Crippen molar-refractivity contribution in [3.63, 3.8) is 0 Å². The van der Waals surface area contributed by atoms with Gasteiger partial charge in [-0.2, -0.15) is 0 Å². The summed E-state index contributed by atoms with van der Waals surface area (Å²) >= 11 is 0. The van der Waals surface area contributed by atoms with Crippen molar-refractivity contribution in [1.29, 1.82) is 0 Å². The Hall–Kier alpha value is -2.23. The molecule has 0 aliphatic carbocycles. The zero-order valence-electron chi connectivity index (χ0n) is 11.8. The van der Waals surface area contributed by atoms with Gasteiger partial charge in [0.25, 0.3) is 0 Å². The molecule has 2 aromatic carbocycles. The van der Waals surface area contributed by atoms with Crippen LogP contribution < -0.4 is 4.90 Å². The van der Waals surface area contributed by atoms with Gasteiger partial charge in [0.15, 0.2) is 0 Å². The van der Waals surface area contributed by atoms with E-state index in [9.17, 15) is 13.6 Å². The van der Waals surface area contributed by atoms with Crippen molar-refractivity contribution in [3.8, 4) is 0 Å². The predicted octanol–water partition coefficient (Wildman–Crippen LogP) is 4.08. The van der Waals surface area contributed by atoms with E-state index in [0.717, 1.165) is 5.56 Å². The highest BCUT2D eigenvalue weighted by molar-refractivity contribution is 6.05. The second kappa shape index (κ2) is 4.65. The van der Waals surface area contributed by atoms with Gasteiger partial charge in [0, 0.05) is 5.69 Å². The van der Waals surface area contributed by atoms with Crippen molar-refractivity contribution in [2.24, 2.45) is 5.41 Å². The molecule has 0 N–H and O–H groups in total. The Morgan fingerprint density at radius 3 is 1.90 bits per heavy atom. The lowest BCUT2D eigenvalue weighted by atomic mass is 9.70. The zero-order valence-corrected chi connectivity index (χ0v) is 11.8. The standard InChI is InChI=1S/C17H15F2NO/c1-17(2)15(11-3-5-12(18)6-4-11)20(16(17)21)14-9-7-13(19)8-10-14/h3-10,15H,1-2H3/t15-/m1/s1. The van der Waals surface area contributed by atoms with Crippen LogP contribution in [0.25, 0.3) is 0 Å². The van der Waals surface area contributed by atoms with Crippen molar-refractivity contribution in [2.75, 3.05) is 4.90 Å². The molecule has 2 nitrogen and oxygen atoms in total. The second-order valence-electron chi connectivity index (χ2n) is 5.83. The lowest BCUT2D eigenvalue weighted by Gasteiger charge is -2.53. The molecule has 1 saturated heterocycles. The van der Waals surface area contributed by atoms with E-state index in [-0.39, 0.29) is 23.6 Å². The fraction of sp³-hybridized carbons (Fsp3) is 0.235. The third-order valence-electron chi connectivity index (χ3n) is 4.00. The predicted molar refractivity (Wildman–Crippen MR) is 76.8 cm³/mol. The maximum Gasteiger partial charge on any atom is 0.235 e. The summed E-state index contributed by atoms with van der Waals surface area (Å²) in [5, 5.41) is 0. The summed E-state index contributed by atoms with van der Waals surface area (Å²) in [6.45, 7) is 3.73. The van der Waals surface area contributed by atoms with E-state index in [2.05, 4.69) is 0 Å². The summed E-state index contributed by atoms with van der Waals surface area (Å²) in [6.07, 6.45) is 0. The van der Waals surface area contributed by atoms with E-state index >= 15 is 0 Å². The van der Waals surface area contributed by atoms with E-state index in [0.29, 0.717) is 5.69 Å². The molecule has 0 bridgehead atoms. The molecule has 2 aromatic rings. The third kappa shape index (κ3) is 2.11. The Kier molecular flexibility index (Phi) is 3.04. The highest BCUT2D eigenvalue weighted by Gasteiger charge is 2.55. The number of carbonyl (C=O) groups excluding carboxylic acids is 1. The van der Waals surface area contributed by atoms with Gasteiger partial charge in [0.05, 0.1) is 11.5 Å². The minimum atomic E-state index is -0.563. The Labute approximate surface area is 122 Å². The van der Waals surface area contributed by atoms with Crippen LogP contribution in [0.4, 0.5) is 14.5 Å². The summed E-state index contributed by atoms with van der Waals surface area (Å²) < 4.78 is 26.1. The molecule has 3 rings (SSSR count). The number of rotatable bonds is 2. The number of carbonyl (C=O) groups is 1.